The van der Waals surface area contributed by atoms with E-state index >= 15 is 0 Å². The van der Waals surface area contributed by atoms with Crippen LogP contribution in [0.5, 0.6) is 0 Å². The fourth-order valence-electron chi connectivity index (χ4n) is 2.17. The molecule has 18 heavy (non-hydrogen) atoms. The molecule has 0 fully saturated rings. The van der Waals surface area contributed by atoms with Crippen LogP contribution in [0.25, 0.3) is 0 Å². The van der Waals surface area contributed by atoms with Crippen LogP contribution in [-0.4, -0.2) is 12.5 Å². The Kier molecular flexibility index (Phi) is 3.41. The number of rotatable bonds is 3. The highest BCUT2D eigenvalue weighted by Gasteiger charge is 2.27. The van der Waals surface area contributed by atoms with E-state index in [1.54, 1.807) is 0 Å². The number of benzene rings is 1. The van der Waals surface area contributed by atoms with Gasteiger partial charge < -0.3 is 16.8 Å². The lowest BCUT2D eigenvalue weighted by Crippen LogP contribution is -2.36. The highest BCUT2D eigenvalue weighted by molar-refractivity contribution is 5.93. The summed E-state index contributed by atoms with van der Waals surface area (Å²) in [6.07, 6.45) is 1.33. The van der Waals surface area contributed by atoms with Gasteiger partial charge in [-0.05, 0) is 35.6 Å². The van der Waals surface area contributed by atoms with Crippen molar-refractivity contribution in [1.82, 2.24) is 0 Å². The molecule has 1 aliphatic rings. The standard InChI is InChI=1S/C14H21N3O/c1-14(2,8-15)13(16)10-3-5-11-9(7-10)4-6-12(18)17-11/h3,5,7,13H,4,6,8,15-16H2,1-2H3,(H,17,18). The van der Waals surface area contributed by atoms with Gasteiger partial charge in [0.2, 0.25) is 5.91 Å². The van der Waals surface area contributed by atoms with E-state index in [2.05, 4.69) is 25.2 Å². The second-order valence-corrected chi connectivity index (χ2v) is 5.64. The van der Waals surface area contributed by atoms with Crippen molar-refractivity contribution >= 4 is 11.6 Å². The van der Waals surface area contributed by atoms with Gasteiger partial charge in [-0.3, -0.25) is 4.79 Å². The summed E-state index contributed by atoms with van der Waals surface area (Å²) in [6.45, 7) is 4.68. The Morgan fingerprint density at radius 2 is 2.11 bits per heavy atom. The average Bonchev–Trinajstić information content (AvgIpc) is 2.37. The van der Waals surface area contributed by atoms with E-state index in [1.807, 2.05) is 12.1 Å². The molecule has 2 rings (SSSR count). The summed E-state index contributed by atoms with van der Waals surface area (Å²) in [6, 6.07) is 5.92. The van der Waals surface area contributed by atoms with Gasteiger partial charge in [-0.1, -0.05) is 26.0 Å². The molecular weight excluding hydrogens is 226 g/mol. The van der Waals surface area contributed by atoms with E-state index < -0.39 is 0 Å². The van der Waals surface area contributed by atoms with Crippen LogP contribution in [0.2, 0.25) is 0 Å². The zero-order valence-electron chi connectivity index (χ0n) is 11.0. The van der Waals surface area contributed by atoms with Gasteiger partial charge in [0.15, 0.2) is 0 Å². The van der Waals surface area contributed by atoms with Crippen molar-refractivity contribution in [2.45, 2.75) is 32.7 Å². The van der Waals surface area contributed by atoms with E-state index in [4.69, 9.17) is 11.5 Å². The Balaban J connectivity index is 2.29. The molecule has 1 atom stereocenters. The number of anilines is 1. The minimum atomic E-state index is -0.133. The molecular formula is C14H21N3O. The number of hydrogen-bond acceptors (Lipinski definition) is 3. The van der Waals surface area contributed by atoms with E-state index in [1.165, 1.54) is 0 Å². The van der Waals surface area contributed by atoms with Gasteiger partial charge in [0, 0.05) is 18.2 Å². The Labute approximate surface area is 108 Å². The predicted octanol–water partition coefficient (Wildman–Crippen LogP) is 1.56. The van der Waals surface area contributed by atoms with E-state index in [9.17, 15) is 4.79 Å². The quantitative estimate of drug-likeness (QED) is 0.758. The van der Waals surface area contributed by atoms with Crippen LogP contribution < -0.4 is 16.8 Å². The van der Waals surface area contributed by atoms with Crippen molar-refractivity contribution in [2.24, 2.45) is 16.9 Å². The molecule has 98 valence electrons. The average molecular weight is 247 g/mol. The normalized spacial score (nSPS) is 17.0. The number of carbonyl (C=O) groups excluding carboxylic acids is 1. The zero-order chi connectivity index (χ0) is 13.3. The lowest BCUT2D eigenvalue weighted by molar-refractivity contribution is -0.116. The monoisotopic (exact) mass is 247 g/mol. The third-order valence-corrected chi connectivity index (χ3v) is 3.75. The second-order valence-electron chi connectivity index (χ2n) is 5.64. The first-order valence-corrected chi connectivity index (χ1v) is 6.32. The van der Waals surface area contributed by atoms with Crippen molar-refractivity contribution in [3.05, 3.63) is 29.3 Å². The number of fused-ring (bicyclic) bond motifs is 1. The molecule has 0 saturated heterocycles. The topological polar surface area (TPSA) is 81.1 Å². The minimum Gasteiger partial charge on any atom is -0.330 e. The molecule has 0 bridgehead atoms. The Hall–Kier alpha value is -1.39. The molecule has 1 aliphatic heterocycles. The molecule has 4 heteroatoms. The maximum atomic E-state index is 11.3. The van der Waals surface area contributed by atoms with E-state index in [0.29, 0.717) is 13.0 Å². The van der Waals surface area contributed by atoms with Gasteiger partial charge in [0.25, 0.3) is 0 Å². The third kappa shape index (κ3) is 2.40. The molecule has 4 nitrogen and oxygen atoms in total. The summed E-state index contributed by atoms with van der Waals surface area (Å²) in [4.78, 5) is 11.3. The largest absolute Gasteiger partial charge is 0.330 e. The summed E-state index contributed by atoms with van der Waals surface area (Å²) in [7, 11) is 0. The van der Waals surface area contributed by atoms with Gasteiger partial charge >= 0.3 is 0 Å². The van der Waals surface area contributed by atoms with Crippen LogP contribution in [0.3, 0.4) is 0 Å². The summed E-state index contributed by atoms with van der Waals surface area (Å²) in [5.41, 5.74) is 15.1. The summed E-state index contributed by atoms with van der Waals surface area (Å²) in [5.74, 6) is 0.0850. The predicted molar refractivity (Wildman–Crippen MR) is 73.2 cm³/mol. The van der Waals surface area contributed by atoms with Gasteiger partial charge in [-0.2, -0.15) is 0 Å². The van der Waals surface area contributed by atoms with Gasteiger partial charge in [-0.15, -0.1) is 0 Å². The highest BCUT2D eigenvalue weighted by Crippen LogP contribution is 2.33. The SMILES string of the molecule is CC(C)(CN)C(N)c1ccc2c(c1)CCC(=O)N2. The van der Waals surface area contributed by atoms with Gasteiger partial charge in [0.05, 0.1) is 0 Å². The molecule has 5 N–H and O–H groups in total. The van der Waals surface area contributed by atoms with Crippen LogP contribution in [0.4, 0.5) is 5.69 Å². The molecule has 1 heterocycles. The summed E-state index contributed by atoms with van der Waals surface area (Å²) in [5, 5.41) is 2.87. The van der Waals surface area contributed by atoms with Crippen LogP contribution >= 0.6 is 0 Å². The molecule has 0 spiro atoms. The molecule has 0 aliphatic carbocycles. The van der Waals surface area contributed by atoms with Crippen LogP contribution in [-0.2, 0) is 11.2 Å². The molecule has 0 saturated carbocycles. The first-order valence-electron chi connectivity index (χ1n) is 6.32. The Bertz CT molecular complexity index is 468. The van der Waals surface area contributed by atoms with E-state index in [0.717, 1.165) is 23.2 Å². The molecule has 1 aromatic rings. The maximum absolute atomic E-state index is 11.3. The fraction of sp³-hybridized carbons (Fsp3) is 0.500. The maximum Gasteiger partial charge on any atom is 0.224 e. The summed E-state index contributed by atoms with van der Waals surface area (Å²) >= 11 is 0. The number of carbonyl (C=O) groups is 1. The first kappa shape index (κ1) is 13.1. The number of hydrogen-bond donors (Lipinski definition) is 3. The fourth-order valence-corrected chi connectivity index (χ4v) is 2.17. The van der Waals surface area contributed by atoms with Gasteiger partial charge in [0.1, 0.15) is 0 Å². The number of aryl methyl sites for hydroxylation is 1. The third-order valence-electron chi connectivity index (χ3n) is 3.75. The Morgan fingerprint density at radius 1 is 1.39 bits per heavy atom. The van der Waals surface area contributed by atoms with Crippen molar-refractivity contribution in [2.75, 3.05) is 11.9 Å². The smallest absolute Gasteiger partial charge is 0.224 e. The second kappa shape index (κ2) is 4.71. The van der Waals surface area contributed by atoms with Crippen LogP contribution in [0.1, 0.15) is 37.4 Å². The number of nitrogens with one attached hydrogen (secondary N) is 1. The van der Waals surface area contributed by atoms with E-state index in [-0.39, 0.29) is 17.4 Å². The minimum absolute atomic E-state index is 0.0850. The van der Waals surface area contributed by atoms with Crippen molar-refractivity contribution < 1.29 is 4.79 Å². The van der Waals surface area contributed by atoms with Crippen molar-refractivity contribution in [1.29, 1.82) is 0 Å². The van der Waals surface area contributed by atoms with Crippen LogP contribution in [0.15, 0.2) is 18.2 Å². The molecule has 0 radical (unpaired) electrons. The highest BCUT2D eigenvalue weighted by atomic mass is 16.1. The molecule has 1 amide bonds. The number of amides is 1. The Morgan fingerprint density at radius 3 is 2.78 bits per heavy atom. The zero-order valence-corrected chi connectivity index (χ0v) is 11.0. The van der Waals surface area contributed by atoms with Crippen LogP contribution in [0, 0.1) is 5.41 Å². The summed E-state index contributed by atoms with van der Waals surface area (Å²) < 4.78 is 0. The number of nitrogens with two attached hydrogens (primary N) is 2. The van der Waals surface area contributed by atoms with Gasteiger partial charge in [-0.25, -0.2) is 0 Å². The lowest BCUT2D eigenvalue weighted by Gasteiger charge is -2.31. The van der Waals surface area contributed by atoms with Crippen molar-refractivity contribution in [3.8, 4) is 0 Å². The molecule has 1 unspecified atom stereocenters. The molecule has 1 aromatic carbocycles. The first-order chi connectivity index (χ1) is 8.44. The van der Waals surface area contributed by atoms with Crippen molar-refractivity contribution in [3.63, 3.8) is 0 Å². The molecule has 0 aromatic heterocycles. The lowest BCUT2D eigenvalue weighted by atomic mass is 9.80.